The van der Waals surface area contributed by atoms with Crippen molar-refractivity contribution in [2.45, 2.75) is 69.7 Å². The highest BCUT2D eigenvalue weighted by atomic mass is 19.4. The Hall–Kier alpha value is -15.3. The molecule has 4 aromatic heterocycles. The second-order valence-electron chi connectivity index (χ2n) is 27.8. The number of hydrogen-bond acceptors (Lipinski definition) is 23. The minimum atomic E-state index is -5.95. The molecule has 0 saturated carbocycles. The molecule has 0 atom stereocenters. The van der Waals surface area contributed by atoms with Gasteiger partial charge in [-0.05, 0) is 144 Å². The lowest BCUT2D eigenvalue weighted by Gasteiger charge is -2.38. The molecule has 650 valence electrons. The fraction of sp³-hybridized carbons (Fsp3) is 0.136. The van der Waals surface area contributed by atoms with Crippen molar-refractivity contribution >= 4 is 90.5 Å². The molecule has 1 aliphatic carbocycles. The van der Waals surface area contributed by atoms with E-state index >= 15 is 22.0 Å². The molecular formula is C81H27F23O23. The van der Waals surface area contributed by atoms with E-state index in [1.54, 1.807) is 0 Å². The van der Waals surface area contributed by atoms with Crippen LogP contribution in [0.2, 0.25) is 0 Å². The van der Waals surface area contributed by atoms with Gasteiger partial charge in [0.25, 0.3) is 0 Å². The molecule has 9 aromatic carbocycles. The summed E-state index contributed by atoms with van der Waals surface area (Å²) in [6.45, 7) is 4.13. The van der Waals surface area contributed by atoms with Gasteiger partial charge >= 0.3 is 118 Å². The smallest absolute Gasteiger partial charge is 0.386 e. The third kappa shape index (κ3) is 14.2. The third-order valence-electron chi connectivity index (χ3n) is 20.2. The lowest BCUT2D eigenvalue weighted by Crippen LogP contribution is -2.46. The largest absolute Gasteiger partial charge is 0.418 e. The molecule has 0 unspecified atom stereocenters. The summed E-state index contributed by atoms with van der Waals surface area (Å²) in [7, 11) is 0. The highest BCUT2D eigenvalue weighted by molar-refractivity contribution is 6.25. The van der Waals surface area contributed by atoms with Crippen molar-refractivity contribution in [3.63, 3.8) is 0 Å². The number of ketones is 2. The molecule has 17 rings (SSSR count). The Kier molecular flexibility index (Phi) is 20.4. The van der Waals surface area contributed by atoms with E-state index < -0.39 is 285 Å². The Morgan fingerprint density at radius 2 is 0.559 bits per heavy atom. The van der Waals surface area contributed by atoms with Gasteiger partial charge in [0.05, 0.1) is 116 Å². The van der Waals surface area contributed by atoms with Gasteiger partial charge in [-0.2, -0.15) is 79.0 Å². The van der Waals surface area contributed by atoms with Gasteiger partial charge in [-0.25, -0.2) is 89.1 Å². The van der Waals surface area contributed by atoms with Crippen LogP contribution in [-0.2, 0) is 50.5 Å². The van der Waals surface area contributed by atoms with Crippen LogP contribution in [0.3, 0.4) is 0 Å². The van der Waals surface area contributed by atoms with E-state index in [0.717, 1.165) is 18.2 Å². The minimum Gasteiger partial charge on any atom is -0.386 e. The first-order chi connectivity index (χ1) is 58.7. The number of ether oxygens (including phenoxy) is 3. The SMILES string of the molecule is Cc1cc(-c2c3c(=O)oc(=O)c3c(-c3cc(C)cc(C(F)(F)F)c3)c3c(=O)oc(=O)c23)cc(C(F)(F)F)c1.Cc1cc2c(cc1-c1cc3c(cc1C(F)(F)F)C(=O)OC3=O)C(=O)CC2=O.O=C1OC(=O)c2cc(C(c3ccc4c(c3)C(=O)OC4=O)(c3c(F)c(F)c(F)c(F)c3F)C(F)(F)F)ccc21.O=c1oc(=O)c2c(C(F)(F)F)c3c(=O)oc(=O)c3c(C(F)(F)F)c12. The van der Waals surface area contributed by atoms with Crippen molar-refractivity contribution in [3.05, 3.63) is 315 Å². The molecule has 0 radical (unpaired) electrons. The highest BCUT2D eigenvalue weighted by Crippen LogP contribution is 2.56. The van der Waals surface area contributed by atoms with Crippen LogP contribution in [0.4, 0.5) is 101 Å². The maximum atomic E-state index is 15.2. The maximum Gasteiger partial charge on any atom is 0.418 e. The molecule has 4 aliphatic rings. The zero-order valence-corrected chi connectivity index (χ0v) is 61.5. The van der Waals surface area contributed by atoms with Gasteiger partial charge in [0, 0.05) is 22.3 Å². The van der Waals surface area contributed by atoms with Crippen LogP contribution in [0.25, 0.3) is 76.5 Å². The van der Waals surface area contributed by atoms with Crippen molar-refractivity contribution in [3.8, 4) is 33.4 Å². The number of carbonyl (C=O) groups excluding carboxylic acids is 8. The van der Waals surface area contributed by atoms with Crippen molar-refractivity contribution < 1.29 is 171 Å². The number of esters is 6. The zero-order valence-electron chi connectivity index (χ0n) is 61.5. The van der Waals surface area contributed by atoms with Gasteiger partial charge in [-0.1, -0.05) is 24.3 Å². The van der Waals surface area contributed by atoms with Crippen molar-refractivity contribution in [1.82, 2.24) is 0 Å². The second-order valence-corrected chi connectivity index (χ2v) is 27.8. The minimum absolute atomic E-state index is 0.0490. The van der Waals surface area contributed by atoms with Crippen LogP contribution in [0, 0.1) is 49.9 Å². The van der Waals surface area contributed by atoms with Gasteiger partial charge in [0.2, 0.25) is 5.82 Å². The molecule has 0 fully saturated rings. The Labute approximate surface area is 677 Å². The molecule has 23 nitrogen and oxygen atoms in total. The van der Waals surface area contributed by atoms with Crippen molar-refractivity contribution in [2.75, 3.05) is 0 Å². The number of halogens is 23. The molecule has 0 N–H and O–H groups in total. The lowest BCUT2D eigenvalue weighted by molar-refractivity contribution is -0.168. The number of Topliss-reactive ketones (excluding diaryl/α,β-unsaturated/α-hetero) is 2. The summed E-state index contributed by atoms with van der Waals surface area (Å²) >= 11 is 0. The van der Waals surface area contributed by atoms with Crippen LogP contribution in [-0.4, -0.2) is 53.6 Å². The number of rotatable bonds is 6. The maximum absolute atomic E-state index is 15.2. The number of cyclic esters (lactones) is 6. The summed E-state index contributed by atoms with van der Waals surface area (Å²) in [5.41, 5.74) is -35.2. The molecule has 0 spiro atoms. The molecular weight excluding hydrogens is 1780 g/mol. The molecule has 46 heteroatoms. The number of hydrogen-bond donors (Lipinski definition) is 0. The average Bonchev–Trinajstić information content (AvgIpc) is 1.68. The fourth-order valence-electron chi connectivity index (χ4n) is 15.1. The normalized spacial score (nSPS) is 14.1. The number of furan rings is 4. The number of benzene rings is 9. The molecule has 127 heavy (non-hydrogen) atoms. The Morgan fingerprint density at radius 1 is 0.260 bits per heavy atom. The van der Waals surface area contributed by atoms with Crippen LogP contribution < -0.4 is 45.0 Å². The summed E-state index contributed by atoms with van der Waals surface area (Å²) in [4.78, 5) is 192. The number of aryl methyl sites for hydroxylation is 3. The number of carbonyl (C=O) groups is 8. The summed E-state index contributed by atoms with van der Waals surface area (Å²) in [6, 6.07) is 12.3. The van der Waals surface area contributed by atoms with E-state index in [4.69, 9.17) is 0 Å². The molecule has 3 aliphatic heterocycles. The third-order valence-corrected chi connectivity index (χ3v) is 20.2. The Bertz CT molecular complexity index is 7220. The van der Waals surface area contributed by atoms with E-state index in [1.165, 1.54) is 45.0 Å². The fourth-order valence-corrected chi connectivity index (χ4v) is 15.1. The lowest BCUT2D eigenvalue weighted by atomic mass is 9.67. The second kappa shape index (κ2) is 29.4. The Morgan fingerprint density at radius 3 is 0.882 bits per heavy atom. The monoisotopic (exact) mass is 1800 g/mol. The first kappa shape index (κ1) is 88.0. The first-order valence-corrected chi connectivity index (χ1v) is 34.4. The van der Waals surface area contributed by atoms with E-state index in [0.29, 0.717) is 60.2 Å². The van der Waals surface area contributed by atoms with Crippen LogP contribution in [0.15, 0.2) is 153 Å². The van der Waals surface area contributed by atoms with E-state index in [1.807, 2.05) is 0 Å². The van der Waals surface area contributed by atoms with Gasteiger partial charge in [0.1, 0.15) is 5.41 Å². The van der Waals surface area contributed by atoms with Crippen molar-refractivity contribution in [1.29, 1.82) is 0 Å². The zero-order chi connectivity index (χ0) is 93.6. The van der Waals surface area contributed by atoms with Gasteiger partial charge in [-0.15, -0.1) is 0 Å². The van der Waals surface area contributed by atoms with E-state index in [2.05, 4.69) is 31.9 Å². The molecule has 13 aromatic rings. The van der Waals surface area contributed by atoms with Crippen molar-refractivity contribution in [2.24, 2.45) is 0 Å². The molecule has 0 saturated heterocycles. The average molecular weight is 1810 g/mol. The Balaban J connectivity index is 0.000000140. The molecule has 0 bridgehead atoms. The summed E-state index contributed by atoms with van der Waals surface area (Å²) in [6.07, 6.45) is -31.8. The topological polar surface area (TPSA) is 353 Å². The van der Waals surface area contributed by atoms with Gasteiger partial charge in [0.15, 0.2) is 34.8 Å². The highest BCUT2D eigenvalue weighted by Gasteiger charge is 2.63. The van der Waals surface area contributed by atoms with Crippen LogP contribution >= 0.6 is 0 Å². The molecule has 7 heterocycles. The van der Waals surface area contributed by atoms with Crippen LogP contribution in [0.5, 0.6) is 0 Å². The van der Waals surface area contributed by atoms with E-state index in [-0.39, 0.29) is 62.3 Å². The van der Waals surface area contributed by atoms with Crippen LogP contribution in [0.1, 0.15) is 150 Å². The summed E-state index contributed by atoms with van der Waals surface area (Å²) in [5.74, 6) is -22.3. The first-order valence-electron chi connectivity index (χ1n) is 34.4. The van der Waals surface area contributed by atoms with Gasteiger partial charge < -0.3 is 31.9 Å². The predicted molar refractivity (Wildman–Crippen MR) is 376 cm³/mol. The number of fused-ring (bicyclic) bond motifs is 8. The van der Waals surface area contributed by atoms with Gasteiger partial charge in [-0.3, -0.25) is 9.59 Å². The quantitative estimate of drug-likeness (QED) is 0.0284. The number of alkyl halides is 18. The summed E-state index contributed by atoms with van der Waals surface area (Å²) in [5, 5.41) is -9.74. The summed E-state index contributed by atoms with van der Waals surface area (Å²) < 4.78 is 350. The predicted octanol–water partition coefficient (Wildman–Crippen LogP) is 15.7. The standard InChI is InChI=1S/C26H12F6O6.C24H6F8O6.C19H9F3O5.C12F6O6/c1-9-3-11(7-13(5-9)25(27,28)29)15-17-19(23(35)37-21(17)33)16(20-18(15)22(34)38-24(20)36)12-4-10(2)6-14(8-12)26(30,31)32;25-14-13(15(26)17(28)18(29)16(14)27)23(24(30,31)32,7-1-3-9-11(5-7)21(35)37-19(9)33)8-2-4-10-12(6-8)22(36)38-20(10)34;1-7-2-10-11(16(24)6-15(10)23)3-8(7)9-4-12-13(18(26)27-17(12)25)5-14(9)19(20,21)22;13-11(14,15)5-1-2(8(20)23-7(1)19)6(12(16,17)18)4-3(5)9(21)24-10(4)22/h3-8H,1-2H3;1-6H;2-5H,6H2,1H3;. The molecule has 0 amide bonds. The van der Waals surface area contributed by atoms with E-state index in [9.17, 15) is 156 Å².